The van der Waals surface area contributed by atoms with E-state index in [1.54, 1.807) is 13.1 Å². The van der Waals surface area contributed by atoms with Crippen molar-refractivity contribution in [1.29, 1.82) is 0 Å². The summed E-state index contributed by atoms with van der Waals surface area (Å²) in [4.78, 5) is 29.4. The molecule has 24 heavy (non-hydrogen) atoms. The van der Waals surface area contributed by atoms with Crippen LogP contribution < -0.4 is 5.32 Å². The normalized spacial score (nSPS) is 21.0. The quantitative estimate of drug-likeness (QED) is 0.462. The Morgan fingerprint density at radius 3 is 2.38 bits per heavy atom. The smallest absolute Gasteiger partial charge is 0.269 e. The van der Waals surface area contributed by atoms with Gasteiger partial charge in [0.05, 0.1) is 0 Å². The van der Waals surface area contributed by atoms with E-state index in [4.69, 9.17) is 0 Å². The van der Waals surface area contributed by atoms with E-state index in [0.717, 1.165) is 50.8 Å². The van der Waals surface area contributed by atoms with Crippen LogP contribution in [-0.2, 0) is 9.59 Å². The third-order valence-corrected chi connectivity index (χ3v) is 4.99. The van der Waals surface area contributed by atoms with E-state index in [2.05, 4.69) is 21.8 Å². The topological polar surface area (TPSA) is 61.8 Å². The molecule has 0 aromatic carbocycles. The molecule has 1 heterocycles. The van der Waals surface area contributed by atoms with Gasteiger partial charge in [-0.05, 0) is 37.8 Å². The van der Waals surface area contributed by atoms with Gasteiger partial charge < -0.3 is 15.0 Å². The number of allylic oxidation sites excluding steroid dienone is 1. The van der Waals surface area contributed by atoms with Crippen LogP contribution in [0.25, 0.3) is 0 Å². The van der Waals surface area contributed by atoms with Gasteiger partial charge in [-0.2, -0.15) is 0 Å². The van der Waals surface area contributed by atoms with Crippen molar-refractivity contribution in [3.63, 3.8) is 0 Å². The fraction of sp³-hybridized carbons (Fsp3) is 0.632. The van der Waals surface area contributed by atoms with Crippen molar-refractivity contribution >= 4 is 17.9 Å². The van der Waals surface area contributed by atoms with Crippen molar-refractivity contribution in [2.45, 2.75) is 51.0 Å². The molecule has 1 aliphatic heterocycles. The predicted molar refractivity (Wildman–Crippen MR) is 97.0 cm³/mol. The number of aliphatic imine (C=N–C) groups is 1. The van der Waals surface area contributed by atoms with Gasteiger partial charge in [0.25, 0.3) is 5.91 Å². The van der Waals surface area contributed by atoms with Gasteiger partial charge in [-0.15, -0.1) is 0 Å². The monoisotopic (exact) mass is 331 g/mol. The molecule has 5 heteroatoms. The highest BCUT2D eigenvalue weighted by atomic mass is 16.2. The van der Waals surface area contributed by atoms with Gasteiger partial charge in [0.2, 0.25) is 0 Å². The van der Waals surface area contributed by atoms with Gasteiger partial charge in [-0.1, -0.05) is 25.8 Å². The number of piperidine rings is 1. The molecule has 2 fully saturated rings. The van der Waals surface area contributed by atoms with Crippen molar-refractivity contribution in [2.75, 3.05) is 20.1 Å². The van der Waals surface area contributed by atoms with Crippen LogP contribution in [0.5, 0.6) is 0 Å². The maximum atomic E-state index is 12.3. The molecule has 1 amide bonds. The van der Waals surface area contributed by atoms with E-state index in [9.17, 15) is 9.59 Å². The Hall–Kier alpha value is -1.91. The second kappa shape index (κ2) is 9.40. The summed E-state index contributed by atoms with van der Waals surface area (Å²) in [5.74, 6) is 0.0696. The number of nitrogens with one attached hydrogen (secondary N) is 1. The fourth-order valence-electron chi connectivity index (χ4n) is 3.36. The van der Waals surface area contributed by atoms with Crippen LogP contribution in [0.3, 0.4) is 0 Å². The maximum absolute atomic E-state index is 12.3. The van der Waals surface area contributed by atoms with E-state index >= 15 is 0 Å². The van der Waals surface area contributed by atoms with Crippen LogP contribution in [0, 0.1) is 5.92 Å². The van der Waals surface area contributed by atoms with Crippen LogP contribution >= 0.6 is 0 Å². The van der Waals surface area contributed by atoms with E-state index in [0.29, 0.717) is 5.71 Å². The highest BCUT2D eigenvalue weighted by Crippen LogP contribution is 2.19. The fourth-order valence-corrected chi connectivity index (χ4v) is 3.36. The molecule has 1 saturated heterocycles. The average Bonchev–Trinajstić information content (AvgIpc) is 2.63. The standard InChI is InChI=1S/C19H29N3O2/c1-15(22-12-10-16(14-23)11-13-22)8-9-18(20-2)19(24)21-17-6-4-3-5-7-17/h8-9,14,16-17H,1,3-7,10-13H2,2H3,(H,21,24)/b9-8-,20-18?. The molecule has 1 N–H and O–H groups in total. The number of hydrogen-bond acceptors (Lipinski definition) is 4. The summed E-state index contributed by atoms with van der Waals surface area (Å²) >= 11 is 0. The lowest BCUT2D eigenvalue weighted by molar-refractivity contribution is -0.115. The molecule has 0 aromatic rings. The number of rotatable bonds is 6. The third kappa shape index (κ3) is 5.32. The molecule has 0 atom stereocenters. The van der Waals surface area contributed by atoms with Gasteiger partial charge in [0.1, 0.15) is 12.0 Å². The SMILES string of the molecule is C=C(/C=C\C(=NC)C(=O)NC1CCCCC1)N1CCC(C=O)CC1. The van der Waals surface area contributed by atoms with Crippen LogP contribution in [0.1, 0.15) is 44.9 Å². The molecule has 2 aliphatic rings. The Morgan fingerprint density at radius 2 is 1.79 bits per heavy atom. The minimum atomic E-state index is -0.104. The van der Waals surface area contributed by atoms with Gasteiger partial charge in [0.15, 0.2) is 0 Å². The number of aldehydes is 1. The number of carbonyl (C=O) groups excluding carboxylic acids is 2. The summed E-state index contributed by atoms with van der Waals surface area (Å²) in [7, 11) is 1.64. The van der Waals surface area contributed by atoms with Crippen LogP contribution in [0.2, 0.25) is 0 Å². The van der Waals surface area contributed by atoms with Gasteiger partial charge in [-0.3, -0.25) is 9.79 Å². The number of likely N-dealkylation sites (tertiary alicyclic amines) is 1. The third-order valence-electron chi connectivity index (χ3n) is 4.99. The minimum Gasteiger partial charge on any atom is -0.372 e. The minimum absolute atomic E-state index is 0.104. The number of amides is 1. The average molecular weight is 331 g/mol. The summed E-state index contributed by atoms with van der Waals surface area (Å²) in [5.41, 5.74) is 1.30. The molecule has 0 unspecified atom stereocenters. The molecule has 2 rings (SSSR count). The lowest BCUT2D eigenvalue weighted by Gasteiger charge is -2.31. The number of hydrogen-bond donors (Lipinski definition) is 1. The first kappa shape index (κ1) is 18.4. The summed E-state index contributed by atoms with van der Waals surface area (Å²) < 4.78 is 0. The van der Waals surface area contributed by atoms with Crippen molar-refractivity contribution in [2.24, 2.45) is 10.9 Å². The van der Waals surface area contributed by atoms with Gasteiger partial charge in [0, 0.05) is 37.8 Å². The van der Waals surface area contributed by atoms with E-state index in [1.807, 2.05) is 6.08 Å². The highest BCUT2D eigenvalue weighted by molar-refractivity contribution is 6.43. The first-order valence-corrected chi connectivity index (χ1v) is 8.99. The summed E-state index contributed by atoms with van der Waals surface area (Å²) in [5, 5.41) is 3.08. The summed E-state index contributed by atoms with van der Waals surface area (Å²) in [6.07, 6.45) is 12.1. The van der Waals surface area contributed by atoms with E-state index < -0.39 is 0 Å². The van der Waals surface area contributed by atoms with Crippen molar-refractivity contribution in [3.05, 3.63) is 24.4 Å². The van der Waals surface area contributed by atoms with Gasteiger partial charge >= 0.3 is 0 Å². The zero-order chi connectivity index (χ0) is 17.4. The zero-order valence-electron chi connectivity index (χ0n) is 14.7. The number of carbonyl (C=O) groups is 2. The molecular formula is C19H29N3O2. The first-order chi connectivity index (χ1) is 11.6. The van der Waals surface area contributed by atoms with Crippen LogP contribution in [0.15, 0.2) is 29.4 Å². The van der Waals surface area contributed by atoms with Crippen molar-refractivity contribution in [3.8, 4) is 0 Å². The van der Waals surface area contributed by atoms with Crippen molar-refractivity contribution in [1.82, 2.24) is 10.2 Å². The lowest BCUT2D eigenvalue weighted by atomic mass is 9.95. The Kier molecular flexibility index (Phi) is 7.22. The van der Waals surface area contributed by atoms with Crippen LogP contribution in [-0.4, -0.2) is 49.0 Å². The molecule has 0 aromatic heterocycles. The molecule has 0 radical (unpaired) electrons. The lowest BCUT2D eigenvalue weighted by Crippen LogP contribution is -2.39. The van der Waals surface area contributed by atoms with Crippen molar-refractivity contribution < 1.29 is 9.59 Å². The molecule has 0 spiro atoms. The predicted octanol–water partition coefficient (Wildman–Crippen LogP) is 2.49. The van der Waals surface area contributed by atoms with E-state index in [-0.39, 0.29) is 17.9 Å². The molecule has 132 valence electrons. The first-order valence-electron chi connectivity index (χ1n) is 8.99. The molecule has 0 bridgehead atoms. The Bertz CT molecular complexity index is 511. The molecule has 5 nitrogen and oxygen atoms in total. The largest absolute Gasteiger partial charge is 0.372 e. The Morgan fingerprint density at radius 1 is 1.12 bits per heavy atom. The van der Waals surface area contributed by atoms with Crippen LogP contribution in [0.4, 0.5) is 0 Å². The van der Waals surface area contributed by atoms with E-state index in [1.165, 1.54) is 19.3 Å². The zero-order valence-corrected chi connectivity index (χ0v) is 14.7. The molecule has 1 aliphatic carbocycles. The Balaban J connectivity index is 1.84. The van der Waals surface area contributed by atoms with Gasteiger partial charge in [-0.25, -0.2) is 0 Å². The highest BCUT2D eigenvalue weighted by Gasteiger charge is 2.19. The molecular weight excluding hydrogens is 302 g/mol. The summed E-state index contributed by atoms with van der Waals surface area (Å²) in [6, 6.07) is 0.280. The maximum Gasteiger partial charge on any atom is 0.269 e. The Labute approximate surface area is 144 Å². The molecule has 1 saturated carbocycles. The summed E-state index contributed by atoms with van der Waals surface area (Å²) in [6.45, 7) is 5.74. The second-order valence-electron chi connectivity index (χ2n) is 6.70. The second-order valence-corrected chi connectivity index (χ2v) is 6.70. The number of nitrogens with zero attached hydrogens (tertiary/aromatic N) is 2.